The third-order valence-corrected chi connectivity index (χ3v) is 6.55. The minimum absolute atomic E-state index is 0.0506. The van der Waals surface area contributed by atoms with Gasteiger partial charge in [0.05, 0.1) is 22.4 Å². The average molecular weight is 459 g/mol. The number of amides is 1. The van der Waals surface area contributed by atoms with E-state index in [9.17, 15) is 9.59 Å². The normalized spacial score (nSPS) is 13.4. The molecule has 162 valence electrons. The van der Waals surface area contributed by atoms with E-state index in [-0.39, 0.29) is 19.1 Å². The van der Waals surface area contributed by atoms with Crippen molar-refractivity contribution in [1.82, 2.24) is 4.57 Å². The predicted molar refractivity (Wildman–Crippen MR) is 120 cm³/mol. The summed E-state index contributed by atoms with van der Waals surface area (Å²) in [6.07, 6.45) is 0. The van der Waals surface area contributed by atoms with Gasteiger partial charge in [0, 0.05) is 17.0 Å². The predicted octanol–water partition coefficient (Wildman–Crippen LogP) is 3.89. The highest BCUT2D eigenvalue weighted by atomic mass is 32.2. The van der Waals surface area contributed by atoms with Gasteiger partial charge in [0.25, 0.3) is 5.91 Å². The van der Waals surface area contributed by atoms with Gasteiger partial charge in [-0.05, 0) is 24.8 Å². The zero-order chi connectivity index (χ0) is 21.8. The van der Waals surface area contributed by atoms with Crippen LogP contribution in [0.2, 0.25) is 0 Å². The van der Waals surface area contributed by atoms with Crippen LogP contribution in [0.25, 0.3) is 10.2 Å². The van der Waals surface area contributed by atoms with Crippen LogP contribution in [0.4, 0.5) is 0 Å². The Kier molecular flexibility index (Phi) is 6.62. The lowest BCUT2D eigenvalue weighted by atomic mass is 10.2. The van der Waals surface area contributed by atoms with Crippen molar-refractivity contribution in [2.75, 3.05) is 25.6 Å². The number of ether oxygens (including phenoxy) is 3. The lowest BCUT2D eigenvalue weighted by molar-refractivity contribution is -0.143. The smallest absolute Gasteiger partial charge is 0.326 e. The second-order valence-corrected chi connectivity index (χ2v) is 8.90. The van der Waals surface area contributed by atoms with Gasteiger partial charge in [-0.25, -0.2) is 0 Å². The van der Waals surface area contributed by atoms with Gasteiger partial charge < -0.3 is 18.8 Å². The van der Waals surface area contributed by atoms with Crippen molar-refractivity contribution in [2.45, 2.75) is 25.3 Å². The quantitative estimate of drug-likeness (QED) is 0.412. The average Bonchev–Trinajstić information content (AvgIpc) is 3.08. The first-order valence-electron chi connectivity index (χ1n) is 10.00. The molecule has 31 heavy (non-hydrogen) atoms. The number of esters is 1. The maximum Gasteiger partial charge on any atom is 0.326 e. The first-order chi connectivity index (χ1) is 15.1. The topological polar surface area (TPSA) is 79.1 Å². The van der Waals surface area contributed by atoms with Crippen molar-refractivity contribution in [2.24, 2.45) is 4.99 Å². The zero-order valence-electron chi connectivity index (χ0n) is 17.3. The number of thiazole rings is 1. The molecule has 1 amide bonds. The Morgan fingerprint density at radius 1 is 1.16 bits per heavy atom. The molecule has 4 rings (SSSR count). The van der Waals surface area contributed by atoms with Crippen molar-refractivity contribution in [3.05, 3.63) is 46.8 Å². The summed E-state index contributed by atoms with van der Waals surface area (Å²) in [4.78, 5) is 31.0. The molecule has 0 spiro atoms. The standard InChI is InChI=1S/C22H22N2O5S2/c1-3-27-20(25)13-24-15-11-16-17(29-10-9-28-16)12-19(15)31-22(24)23-21(26)14-7-5-6-8-18(14)30-4-2/h5-8,11-12H,3-4,9-10,13H2,1-2H3. The molecule has 0 fully saturated rings. The van der Waals surface area contributed by atoms with Gasteiger partial charge in [0.15, 0.2) is 16.3 Å². The number of rotatable bonds is 6. The van der Waals surface area contributed by atoms with Crippen LogP contribution in [-0.4, -0.2) is 42.0 Å². The zero-order valence-corrected chi connectivity index (χ0v) is 18.9. The van der Waals surface area contributed by atoms with E-state index in [1.807, 2.05) is 37.3 Å². The number of carbonyl (C=O) groups is 2. The fraction of sp³-hybridized carbons (Fsp3) is 0.318. The number of hydrogen-bond acceptors (Lipinski definition) is 7. The van der Waals surface area contributed by atoms with Crippen LogP contribution in [0.3, 0.4) is 0 Å². The highest BCUT2D eigenvalue weighted by Gasteiger charge is 2.19. The van der Waals surface area contributed by atoms with E-state index in [0.717, 1.165) is 20.9 Å². The first kappa shape index (κ1) is 21.5. The van der Waals surface area contributed by atoms with E-state index in [4.69, 9.17) is 14.2 Å². The third-order valence-electron chi connectivity index (χ3n) is 4.55. The van der Waals surface area contributed by atoms with E-state index < -0.39 is 5.97 Å². The summed E-state index contributed by atoms with van der Waals surface area (Å²) in [6.45, 7) is 4.96. The molecule has 1 aromatic heterocycles. The van der Waals surface area contributed by atoms with Crippen LogP contribution in [0.5, 0.6) is 11.5 Å². The molecular weight excluding hydrogens is 436 g/mol. The highest BCUT2D eigenvalue weighted by molar-refractivity contribution is 7.99. The molecule has 3 aromatic rings. The number of benzene rings is 2. The fourth-order valence-electron chi connectivity index (χ4n) is 3.25. The summed E-state index contributed by atoms with van der Waals surface area (Å²) in [5, 5.41) is 0. The molecule has 0 radical (unpaired) electrons. The Hall–Kier alpha value is -2.78. The molecule has 2 heterocycles. The summed E-state index contributed by atoms with van der Waals surface area (Å²) in [5.41, 5.74) is 1.28. The Morgan fingerprint density at radius 3 is 2.65 bits per heavy atom. The molecular formula is C22H22N2O5S2. The summed E-state index contributed by atoms with van der Waals surface area (Å²) in [7, 11) is 0. The number of nitrogens with zero attached hydrogens (tertiary/aromatic N) is 2. The van der Waals surface area contributed by atoms with Crippen LogP contribution in [0.15, 0.2) is 46.3 Å². The largest absolute Gasteiger partial charge is 0.486 e. The van der Waals surface area contributed by atoms with E-state index >= 15 is 0 Å². The van der Waals surface area contributed by atoms with Gasteiger partial charge in [-0.15, -0.1) is 11.8 Å². The fourth-order valence-corrected chi connectivity index (χ4v) is 5.09. The second kappa shape index (κ2) is 9.57. The molecule has 2 aromatic carbocycles. The van der Waals surface area contributed by atoms with E-state index in [1.165, 1.54) is 11.3 Å². The van der Waals surface area contributed by atoms with Crippen molar-refractivity contribution < 1.29 is 23.8 Å². The molecule has 0 unspecified atom stereocenters. The summed E-state index contributed by atoms with van der Waals surface area (Å²) in [5.74, 6) is 1.36. The van der Waals surface area contributed by atoms with Crippen LogP contribution >= 0.6 is 23.1 Å². The van der Waals surface area contributed by atoms with Gasteiger partial charge in [-0.2, -0.15) is 4.99 Å². The Balaban J connectivity index is 1.84. The van der Waals surface area contributed by atoms with Crippen molar-refractivity contribution in [3.8, 4) is 11.5 Å². The summed E-state index contributed by atoms with van der Waals surface area (Å²) < 4.78 is 19.0. The molecule has 0 atom stereocenters. The number of thioether (sulfide) groups is 1. The van der Waals surface area contributed by atoms with Crippen molar-refractivity contribution in [1.29, 1.82) is 0 Å². The number of carbonyl (C=O) groups excluding carboxylic acids is 2. The van der Waals surface area contributed by atoms with Gasteiger partial charge in [0.1, 0.15) is 19.8 Å². The molecule has 0 saturated carbocycles. The van der Waals surface area contributed by atoms with Crippen LogP contribution in [0.1, 0.15) is 24.2 Å². The summed E-state index contributed by atoms with van der Waals surface area (Å²) >= 11 is 2.92. The summed E-state index contributed by atoms with van der Waals surface area (Å²) in [6, 6.07) is 11.1. The van der Waals surface area contributed by atoms with E-state index in [2.05, 4.69) is 4.99 Å². The molecule has 9 heteroatoms. The molecule has 1 aliphatic heterocycles. The van der Waals surface area contributed by atoms with Gasteiger partial charge >= 0.3 is 5.97 Å². The maximum absolute atomic E-state index is 13.1. The van der Waals surface area contributed by atoms with E-state index in [0.29, 0.717) is 35.1 Å². The second-order valence-electron chi connectivity index (χ2n) is 6.59. The first-order valence-corrected chi connectivity index (χ1v) is 11.8. The van der Waals surface area contributed by atoms with E-state index in [1.54, 1.807) is 29.3 Å². The highest BCUT2D eigenvalue weighted by Crippen LogP contribution is 2.35. The molecule has 0 saturated heterocycles. The molecule has 0 bridgehead atoms. The Labute approximate surface area is 187 Å². The Morgan fingerprint density at radius 2 is 1.90 bits per heavy atom. The van der Waals surface area contributed by atoms with Crippen LogP contribution < -0.4 is 14.3 Å². The number of hydrogen-bond donors (Lipinski definition) is 0. The Bertz CT molecular complexity index is 1200. The maximum atomic E-state index is 13.1. The molecule has 1 aliphatic rings. The lowest BCUT2D eigenvalue weighted by Gasteiger charge is -2.18. The molecule has 7 nitrogen and oxygen atoms in total. The SMILES string of the molecule is CCOC(=O)Cn1c(=NC(=O)c2ccccc2SCC)sc2cc3c(cc21)OCCO3. The molecule has 0 N–H and O–H groups in total. The molecule has 0 aliphatic carbocycles. The van der Waals surface area contributed by atoms with Crippen LogP contribution in [0, 0.1) is 0 Å². The van der Waals surface area contributed by atoms with Gasteiger partial charge in [-0.1, -0.05) is 30.4 Å². The minimum Gasteiger partial charge on any atom is -0.486 e. The number of fused-ring (bicyclic) bond motifs is 2. The third kappa shape index (κ3) is 4.62. The van der Waals surface area contributed by atoms with Crippen LogP contribution in [-0.2, 0) is 16.1 Å². The van der Waals surface area contributed by atoms with Gasteiger partial charge in [0.2, 0.25) is 0 Å². The van der Waals surface area contributed by atoms with Crippen molar-refractivity contribution in [3.63, 3.8) is 0 Å². The monoisotopic (exact) mass is 458 g/mol. The van der Waals surface area contributed by atoms with Crippen molar-refractivity contribution >= 4 is 45.2 Å². The van der Waals surface area contributed by atoms with Gasteiger partial charge in [-0.3, -0.25) is 9.59 Å². The lowest BCUT2D eigenvalue weighted by Crippen LogP contribution is -2.23. The number of aromatic nitrogens is 1. The minimum atomic E-state index is -0.395.